The van der Waals surface area contributed by atoms with Gasteiger partial charge in [0.1, 0.15) is 11.8 Å². The molecule has 0 unspecified atom stereocenters. The highest BCUT2D eigenvalue weighted by molar-refractivity contribution is 9.10. The number of carbonyl (C=O) groups is 2. The highest BCUT2D eigenvalue weighted by Gasteiger charge is 2.31. The highest BCUT2D eigenvalue weighted by Crippen LogP contribution is 2.29. The molecular weight excluding hydrogens is 575 g/mol. The molecule has 0 aliphatic rings. The van der Waals surface area contributed by atoms with E-state index < -0.39 is 6.04 Å². The van der Waals surface area contributed by atoms with E-state index in [0.29, 0.717) is 40.2 Å². The van der Waals surface area contributed by atoms with Crippen LogP contribution in [-0.4, -0.2) is 35.9 Å². The van der Waals surface area contributed by atoms with Crippen LogP contribution in [0.3, 0.4) is 0 Å². The van der Waals surface area contributed by atoms with Gasteiger partial charge in [0, 0.05) is 29.6 Å². The first-order valence-electron chi connectivity index (χ1n) is 12.2. The molecule has 0 fully saturated rings. The van der Waals surface area contributed by atoms with Crippen LogP contribution in [-0.2, 0) is 22.6 Å². The van der Waals surface area contributed by atoms with Crippen molar-refractivity contribution in [2.24, 2.45) is 0 Å². The lowest BCUT2D eigenvalue weighted by Crippen LogP contribution is -2.51. The van der Waals surface area contributed by atoms with Gasteiger partial charge in [-0.05, 0) is 69.7 Å². The van der Waals surface area contributed by atoms with Gasteiger partial charge in [0.25, 0.3) is 5.91 Å². The molecule has 3 aromatic rings. The summed E-state index contributed by atoms with van der Waals surface area (Å²) in [5.74, 6) is 0.340. The molecule has 1 N–H and O–H groups in total. The molecule has 0 saturated carbocycles. The molecule has 5 nitrogen and oxygen atoms in total. The Kier molecular flexibility index (Phi) is 10.9. The van der Waals surface area contributed by atoms with E-state index in [1.165, 1.54) is 4.90 Å². The third-order valence-electron chi connectivity index (χ3n) is 5.95. The lowest BCUT2D eigenvalue weighted by Gasteiger charge is -2.31. The van der Waals surface area contributed by atoms with Gasteiger partial charge in [0.05, 0.1) is 4.47 Å². The second kappa shape index (κ2) is 13.8. The number of rotatable bonds is 11. The number of likely N-dealkylation sites (N-methyl/N-ethyl adjacent to an activating group) is 1. The Morgan fingerprint density at radius 2 is 1.76 bits per heavy atom. The highest BCUT2D eigenvalue weighted by atomic mass is 79.9. The van der Waals surface area contributed by atoms with Crippen LogP contribution < -0.4 is 10.1 Å². The van der Waals surface area contributed by atoms with Gasteiger partial charge in [0.2, 0.25) is 5.91 Å². The van der Waals surface area contributed by atoms with Crippen molar-refractivity contribution in [3.05, 3.63) is 97.9 Å². The van der Waals surface area contributed by atoms with Crippen LogP contribution in [0.25, 0.3) is 0 Å². The van der Waals surface area contributed by atoms with Gasteiger partial charge in [-0.2, -0.15) is 0 Å². The Labute approximate surface area is 237 Å². The number of hydrogen-bond acceptors (Lipinski definition) is 3. The van der Waals surface area contributed by atoms with Crippen molar-refractivity contribution >= 4 is 50.9 Å². The number of halogens is 3. The maximum Gasteiger partial charge on any atom is 0.261 e. The molecule has 0 heterocycles. The minimum atomic E-state index is -0.767. The van der Waals surface area contributed by atoms with Gasteiger partial charge in [-0.1, -0.05) is 79.5 Å². The monoisotopic (exact) mass is 604 g/mol. The summed E-state index contributed by atoms with van der Waals surface area (Å²) in [6.45, 7) is 6.40. The molecule has 3 aromatic carbocycles. The van der Waals surface area contributed by atoms with Crippen LogP contribution in [0, 0.1) is 0 Å². The molecule has 37 heavy (non-hydrogen) atoms. The fraction of sp³-hybridized carbons (Fsp3) is 0.310. The van der Waals surface area contributed by atoms with Crippen molar-refractivity contribution in [1.29, 1.82) is 0 Å². The predicted octanol–water partition coefficient (Wildman–Crippen LogP) is 7.03. The number of nitrogens with zero attached hydrogens (tertiary/aromatic N) is 1. The molecule has 2 amide bonds. The SMILES string of the molecule is CCNC(=O)[C@H](Cc1ccccc1)N(Cc1ccc(Cl)cc1Cl)C(=O)COc1ccc(C(C)C)cc1Br. The summed E-state index contributed by atoms with van der Waals surface area (Å²) in [4.78, 5) is 28.4. The van der Waals surface area contributed by atoms with E-state index >= 15 is 0 Å². The van der Waals surface area contributed by atoms with Crippen LogP contribution in [0.2, 0.25) is 10.0 Å². The zero-order chi connectivity index (χ0) is 26.9. The molecule has 0 spiro atoms. The molecule has 0 radical (unpaired) electrons. The van der Waals surface area contributed by atoms with Crippen molar-refractivity contribution in [3.63, 3.8) is 0 Å². The van der Waals surface area contributed by atoms with Crippen molar-refractivity contribution < 1.29 is 14.3 Å². The molecule has 0 aliphatic heterocycles. The fourth-order valence-electron chi connectivity index (χ4n) is 3.90. The second-order valence-corrected chi connectivity index (χ2v) is 10.7. The van der Waals surface area contributed by atoms with Crippen LogP contribution in [0.1, 0.15) is 43.4 Å². The van der Waals surface area contributed by atoms with Crippen molar-refractivity contribution in [3.8, 4) is 5.75 Å². The summed E-state index contributed by atoms with van der Waals surface area (Å²) >= 11 is 16.1. The van der Waals surface area contributed by atoms with Crippen LogP contribution >= 0.6 is 39.1 Å². The molecule has 0 aliphatic carbocycles. The van der Waals surface area contributed by atoms with Gasteiger partial charge in [-0.15, -0.1) is 0 Å². The molecular formula is C29H31BrCl2N2O3. The van der Waals surface area contributed by atoms with E-state index in [9.17, 15) is 9.59 Å². The number of hydrogen-bond donors (Lipinski definition) is 1. The zero-order valence-electron chi connectivity index (χ0n) is 21.1. The maximum atomic E-state index is 13.7. The first-order chi connectivity index (χ1) is 17.7. The fourth-order valence-corrected chi connectivity index (χ4v) is 4.87. The minimum absolute atomic E-state index is 0.125. The first-order valence-corrected chi connectivity index (χ1v) is 13.7. The molecule has 3 rings (SSSR count). The molecule has 196 valence electrons. The topological polar surface area (TPSA) is 58.6 Å². The number of ether oxygens (including phenoxy) is 1. The molecule has 0 aromatic heterocycles. The third-order valence-corrected chi connectivity index (χ3v) is 7.16. The minimum Gasteiger partial charge on any atom is -0.483 e. The smallest absolute Gasteiger partial charge is 0.261 e. The normalized spacial score (nSPS) is 11.8. The van der Waals surface area contributed by atoms with Crippen LogP contribution in [0.15, 0.2) is 71.2 Å². The predicted molar refractivity (Wildman–Crippen MR) is 153 cm³/mol. The number of benzene rings is 3. The molecule has 8 heteroatoms. The van der Waals surface area contributed by atoms with Crippen molar-refractivity contribution in [2.45, 2.75) is 45.7 Å². The van der Waals surface area contributed by atoms with Crippen LogP contribution in [0.5, 0.6) is 5.75 Å². The Morgan fingerprint density at radius 3 is 2.38 bits per heavy atom. The van der Waals surface area contributed by atoms with E-state index in [1.807, 2.05) is 55.5 Å². The van der Waals surface area contributed by atoms with E-state index in [-0.39, 0.29) is 25.0 Å². The maximum absolute atomic E-state index is 13.7. The Hall–Kier alpha value is -2.54. The molecule has 0 bridgehead atoms. The summed E-state index contributed by atoms with van der Waals surface area (Å²) in [5, 5.41) is 3.79. The van der Waals surface area contributed by atoms with Crippen LogP contribution in [0.4, 0.5) is 0 Å². The summed E-state index contributed by atoms with van der Waals surface area (Å²) in [5.41, 5.74) is 2.78. The quantitative estimate of drug-likeness (QED) is 0.255. The Balaban J connectivity index is 1.91. The lowest BCUT2D eigenvalue weighted by molar-refractivity contribution is -0.142. The number of carbonyl (C=O) groups excluding carboxylic acids is 2. The van der Waals surface area contributed by atoms with Gasteiger partial charge in [0.15, 0.2) is 6.61 Å². The molecule has 0 saturated heterocycles. The first kappa shape index (κ1) is 29.0. The average molecular weight is 606 g/mol. The summed E-state index contributed by atoms with van der Waals surface area (Å²) < 4.78 is 6.68. The van der Waals surface area contributed by atoms with Gasteiger partial charge < -0.3 is 15.0 Å². The summed E-state index contributed by atoms with van der Waals surface area (Å²) in [6.07, 6.45) is 0.344. The Morgan fingerprint density at radius 1 is 1.03 bits per heavy atom. The largest absolute Gasteiger partial charge is 0.483 e. The summed E-state index contributed by atoms with van der Waals surface area (Å²) in [7, 11) is 0. The second-order valence-electron chi connectivity index (χ2n) is 8.99. The standard InChI is InChI=1S/C29H31BrCl2N2O3/c1-4-33-29(36)26(14-20-8-6-5-7-9-20)34(17-22-10-12-23(31)16-25(22)32)28(35)18-37-27-13-11-21(19(2)3)15-24(27)30/h5-13,15-16,19,26H,4,14,17-18H2,1-3H3,(H,33,36)/t26-/m0/s1. The average Bonchev–Trinajstić information content (AvgIpc) is 2.87. The third kappa shape index (κ3) is 8.22. The molecule has 1 atom stereocenters. The Bertz CT molecular complexity index is 1220. The zero-order valence-corrected chi connectivity index (χ0v) is 24.2. The number of amides is 2. The van der Waals surface area contributed by atoms with Gasteiger partial charge >= 0.3 is 0 Å². The summed E-state index contributed by atoms with van der Waals surface area (Å²) in [6, 6.07) is 19.8. The van der Waals surface area contributed by atoms with E-state index in [4.69, 9.17) is 27.9 Å². The van der Waals surface area contributed by atoms with E-state index in [0.717, 1.165) is 15.6 Å². The van der Waals surface area contributed by atoms with E-state index in [2.05, 4.69) is 35.1 Å². The lowest BCUT2D eigenvalue weighted by atomic mass is 10.0. The van der Waals surface area contributed by atoms with E-state index in [1.54, 1.807) is 18.2 Å². The van der Waals surface area contributed by atoms with Gasteiger partial charge in [-0.3, -0.25) is 9.59 Å². The van der Waals surface area contributed by atoms with Crippen molar-refractivity contribution in [2.75, 3.05) is 13.2 Å². The number of nitrogens with one attached hydrogen (secondary N) is 1. The van der Waals surface area contributed by atoms with Gasteiger partial charge in [-0.25, -0.2) is 0 Å². The van der Waals surface area contributed by atoms with Crippen molar-refractivity contribution in [1.82, 2.24) is 10.2 Å².